The molecule has 4 rings (SSSR count). The Labute approximate surface area is 199 Å². The first-order valence-corrected chi connectivity index (χ1v) is 10.7. The number of benzene rings is 2. The third-order valence-corrected chi connectivity index (χ3v) is 5.69. The first-order chi connectivity index (χ1) is 16.3. The number of para-hydroxylation sites is 1. The molecule has 0 bridgehead atoms. The highest BCUT2D eigenvalue weighted by Crippen LogP contribution is 2.25. The summed E-state index contributed by atoms with van der Waals surface area (Å²) in [6.45, 7) is 0.895. The number of hydrogen-bond acceptors (Lipinski definition) is 8. The summed E-state index contributed by atoms with van der Waals surface area (Å²) in [7, 11) is 0. The number of halogens is 1. The molecule has 10 nitrogen and oxygen atoms in total. The number of carbonyl (C=O) groups excluding carboxylic acids is 3. The Morgan fingerprint density at radius 1 is 1.00 bits per heavy atom. The molecule has 1 unspecified atom stereocenters. The van der Waals surface area contributed by atoms with Crippen molar-refractivity contribution in [1.29, 1.82) is 0 Å². The largest absolute Gasteiger partial charge is 0.507 e. The highest BCUT2D eigenvalue weighted by atomic mass is 35.5. The van der Waals surface area contributed by atoms with E-state index in [0.717, 1.165) is 0 Å². The molecule has 11 heteroatoms. The van der Waals surface area contributed by atoms with Crippen molar-refractivity contribution in [2.24, 2.45) is 0 Å². The predicted molar refractivity (Wildman–Crippen MR) is 125 cm³/mol. The number of aromatic hydroxyl groups is 1. The van der Waals surface area contributed by atoms with E-state index in [9.17, 15) is 19.5 Å². The molecule has 1 aliphatic heterocycles. The molecule has 2 heterocycles. The van der Waals surface area contributed by atoms with Crippen molar-refractivity contribution in [3.8, 4) is 5.75 Å². The summed E-state index contributed by atoms with van der Waals surface area (Å²) in [6, 6.07) is 11.1. The molecular weight excluding hydrogens is 460 g/mol. The minimum absolute atomic E-state index is 0.0108. The Kier molecular flexibility index (Phi) is 6.71. The van der Waals surface area contributed by atoms with Crippen LogP contribution in [0.5, 0.6) is 5.75 Å². The van der Waals surface area contributed by atoms with Gasteiger partial charge >= 0.3 is 0 Å². The Morgan fingerprint density at radius 3 is 2.38 bits per heavy atom. The van der Waals surface area contributed by atoms with Gasteiger partial charge in [0.2, 0.25) is 5.95 Å². The highest BCUT2D eigenvalue weighted by molar-refractivity contribution is 6.35. The number of ketones is 1. The number of carbonyl (C=O) groups is 3. The molecule has 34 heavy (non-hydrogen) atoms. The summed E-state index contributed by atoms with van der Waals surface area (Å²) >= 11 is 6.29. The number of nitrogens with two attached hydrogens (primary N) is 1. The van der Waals surface area contributed by atoms with Crippen LogP contribution in [0.2, 0.25) is 5.02 Å². The van der Waals surface area contributed by atoms with Crippen molar-refractivity contribution in [2.75, 3.05) is 18.8 Å². The van der Waals surface area contributed by atoms with Crippen LogP contribution in [0.25, 0.3) is 0 Å². The molecule has 0 aliphatic carbocycles. The second-order valence-corrected chi connectivity index (χ2v) is 8.07. The van der Waals surface area contributed by atoms with E-state index in [1.165, 1.54) is 42.6 Å². The van der Waals surface area contributed by atoms with Gasteiger partial charge in [0.05, 0.1) is 22.7 Å². The number of phenols is 1. The number of nitrogens with zero attached hydrogens (tertiary/aromatic N) is 2. The van der Waals surface area contributed by atoms with E-state index in [1.54, 1.807) is 12.1 Å². The first kappa shape index (κ1) is 23.1. The molecular formula is C23H21ClN6O4. The third kappa shape index (κ3) is 4.98. The van der Waals surface area contributed by atoms with Gasteiger partial charge in [0.1, 0.15) is 11.4 Å². The van der Waals surface area contributed by atoms with Crippen LogP contribution < -0.4 is 21.7 Å². The van der Waals surface area contributed by atoms with Crippen LogP contribution in [0.15, 0.2) is 54.7 Å². The summed E-state index contributed by atoms with van der Waals surface area (Å²) < 4.78 is 0. The minimum Gasteiger partial charge on any atom is -0.507 e. The molecule has 1 fully saturated rings. The van der Waals surface area contributed by atoms with Crippen molar-refractivity contribution in [1.82, 2.24) is 25.9 Å². The van der Waals surface area contributed by atoms with Gasteiger partial charge in [-0.15, -0.1) is 0 Å². The zero-order valence-electron chi connectivity index (χ0n) is 17.8. The van der Waals surface area contributed by atoms with Gasteiger partial charge in [-0.25, -0.2) is 9.97 Å². The SMILES string of the molecule is Nc1nccc(C(=O)N[C@@H]2CNCC2NC(=O)c2ccc(C(=O)c3ccccc3O)c(Cl)c2)n1. The van der Waals surface area contributed by atoms with Crippen LogP contribution in [0, 0.1) is 0 Å². The second kappa shape index (κ2) is 9.86. The van der Waals surface area contributed by atoms with Gasteiger partial charge in [0.15, 0.2) is 5.78 Å². The van der Waals surface area contributed by atoms with Gasteiger partial charge < -0.3 is 26.8 Å². The fourth-order valence-corrected chi connectivity index (χ4v) is 3.89. The molecule has 174 valence electrons. The molecule has 1 aliphatic rings. The Balaban J connectivity index is 1.44. The van der Waals surface area contributed by atoms with Crippen LogP contribution in [-0.2, 0) is 0 Å². The fraction of sp³-hybridized carbons (Fsp3) is 0.174. The van der Waals surface area contributed by atoms with Crippen LogP contribution in [0.1, 0.15) is 36.8 Å². The summed E-state index contributed by atoms with van der Waals surface area (Å²) in [4.78, 5) is 45.7. The van der Waals surface area contributed by atoms with Crippen molar-refractivity contribution in [3.05, 3.63) is 82.1 Å². The van der Waals surface area contributed by atoms with E-state index in [1.807, 2.05) is 0 Å². The number of rotatable bonds is 6. The third-order valence-electron chi connectivity index (χ3n) is 5.38. The molecule has 0 radical (unpaired) electrons. The van der Waals surface area contributed by atoms with Crippen molar-refractivity contribution in [3.63, 3.8) is 0 Å². The number of amides is 2. The highest BCUT2D eigenvalue weighted by Gasteiger charge is 2.30. The van der Waals surface area contributed by atoms with E-state index < -0.39 is 23.6 Å². The number of nitrogens with one attached hydrogen (secondary N) is 3. The molecule has 3 aromatic rings. The smallest absolute Gasteiger partial charge is 0.270 e. The van der Waals surface area contributed by atoms with Gasteiger partial charge in [-0.1, -0.05) is 23.7 Å². The van der Waals surface area contributed by atoms with Crippen LogP contribution >= 0.6 is 11.6 Å². The maximum absolute atomic E-state index is 12.8. The molecule has 2 amide bonds. The van der Waals surface area contributed by atoms with Crippen LogP contribution in [0.3, 0.4) is 0 Å². The van der Waals surface area contributed by atoms with Gasteiger partial charge in [0.25, 0.3) is 11.8 Å². The van der Waals surface area contributed by atoms with Gasteiger partial charge in [-0.05, 0) is 36.4 Å². The maximum Gasteiger partial charge on any atom is 0.270 e. The monoisotopic (exact) mass is 480 g/mol. The Hall–Kier alpha value is -4.02. The molecule has 2 atom stereocenters. The average molecular weight is 481 g/mol. The van der Waals surface area contributed by atoms with E-state index in [4.69, 9.17) is 17.3 Å². The second-order valence-electron chi connectivity index (χ2n) is 7.66. The molecule has 0 saturated carbocycles. The molecule has 2 aromatic carbocycles. The van der Waals surface area contributed by atoms with Crippen LogP contribution in [-0.4, -0.2) is 57.8 Å². The first-order valence-electron chi connectivity index (χ1n) is 10.4. The topological polar surface area (TPSA) is 159 Å². The number of phenolic OH excluding ortho intramolecular Hbond substituents is 1. The number of anilines is 1. The van der Waals surface area contributed by atoms with Crippen LogP contribution in [0.4, 0.5) is 5.95 Å². The lowest BCUT2D eigenvalue weighted by Crippen LogP contribution is -2.51. The Bertz CT molecular complexity index is 1270. The summed E-state index contributed by atoms with van der Waals surface area (Å²) in [6.07, 6.45) is 1.39. The van der Waals surface area contributed by atoms with Gasteiger partial charge in [0, 0.05) is 30.4 Å². The number of hydrogen-bond donors (Lipinski definition) is 5. The zero-order valence-corrected chi connectivity index (χ0v) is 18.5. The van der Waals surface area contributed by atoms with E-state index in [2.05, 4.69) is 25.9 Å². The lowest BCUT2D eigenvalue weighted by Gasteiger charge is -2.21. The number of aromatic nitrogens is 2. The lowest BCUT2D eigenvalue weighted by molar-refractivity contribution is 0.0894. The summed E-state index contributed by atoms with van der Waals surface area (Å²) in [5.74, 6) is -1.47. The molecule has 6 N–H and O–H groups in total. The predicted octanol–water partition coefficient (Wildman–Crippen LogP) is 1.15. The minimum atomic E-state index is -0.455. The van der Waals surface area contributed by atoms with E-state index in [-0.39, 0.29) is 45.1 Å². The standard InChI is InChI=1S/C23H21ClN6O4/c24-15-9-12(5-6-13(15)20(32)14-3-1-2-4-19(14)31)21(33)28-17-10-26-11-18(17)29-22(34)16-7-8-27-23(25)30-16/h1-9,17-18,26,31H,10-11H2,(H,28,33)(H,29,34)(H2,25,27,30)/t17?,18-/m1/s1. The quantitative estimate of drug-likeness (QED) is 0.328. The van der Waals surface area contributed by atoms with Crippen molar-refractivity contribution >= 4 is 35.1 Å². The Morgan fingerprint density at radius 2 is 1.71 bits per heavy atom. The van der Waals surface area contributed by atoms with Gasteiger partial charge in [-0.3, -0.25) is 14.4 Å². The maximum atomic E-state index is 12.8. The lowest BCUT2D eigenvalue weighted by atomic mass is 10.0. The van der Waals surface area contributed by atoms with E-state index in [0.29, 0.717) is 13.1 Å². The van der Waals surface area contributed by atoms with Gasteiger partial charge in [-0.2, -0.15) is 0 Å². The summed E-state index contributed by atoms with van der Waals surface area (Å²) in [5.41, 5.74) is 6.18. The normalized spacial score (nSPS) is 17.2. The zero-order chi connectivity index (χ0) is 24.2. The summed E-state index contributed by atoms with van der Waals surface area (Å²) in [5, 5.41) is 18.8. The average Bonchev–Trinajstić information content (AvgIpc) is 3.25. The molecule has 1 aromatic heterocycles. The van der Waals surface area contributed by atoms with Crippen molar-refractivity contribution in [2.45, 2.75) is 12.1 Å². The van der Waals surface area contributed by atoms with Crippen molar-refractivity contribution < 1.29 is 19.5 Å². The molecule has 0 spiro atoms. The van der Waals surface area contributed by atoms with E-state index >= 15 is 0 Å². The molecule has 1 saturated heterocycles. The number of nitrogen functional groups attached to an aromatic ring is 1. The fourth-order valence-electron chi connectivity index (χ4n) is 3.63.